The lowest BCUT2D eigenvalue weighted by Crippen LogP contribution is -2.44. The maximum absolute atomic E-state index is 10.4. The molecule has 0 aromatic carbocycles. The Balaban J connectivity index is 1.91. The van der Waals surface area contributed by atoms with Crippen LogP contribution in [-0.2, 0) is 0 Å². The van der Waals surface area contributed by atoms with Gasteiger partial charge in [0, 0.05) is 5.41 Å². The predicted molar refractivity (Wildman–Crippen MR) is 184 cm³/mol. The van der Waals surface area contributed by atoms with Gasteiger partial charge in [-0.15, -0.1) is 0 Å². The highest BCUT2D eigenvalue weighted by molar-refractivity contribution is 5.40. The van der Waals surface area contributed by atoms with E-state index in [1.807, 2.05) is 20.8 Å². The Bertz CT molecular complexity index is 1290. The van der Waals surface area contributed by atoms with Crippen molar-refractivity contribution >= 4 is 0 Å². The van der Waals surface area contributed by atoms with Crippen LogP contribution in [0.5, 0.6) is 0 Å². The molecule has 228 valence electrons. The molecule has 2 N–H and O–H groups in total. The first-order valence-corrected chi connectivity index (χ1v) is 15.5. The third kappa shape index (κ3) is 10.7. The molecule has 0 radical (unpaired) electrons. The van der Waals surface area contributed by atoms with Gasteiger partial charge in [-0.25, -0.2) is 0 Å². The van der Waals surface area contributed by atoms with Crippen LogP contribution in [0.3, 0.4) is 0 Å². The number of hydrogen-bond acceptors (Lipinski definition) is 2. The Labute approximate surface area is 257 Å². The van der Waals surface area contributed by atoms with E-state index in [9.17, 15) is 10.2 Å². The minimum atomic E-state index is -0.754. The number of hydrogen-bond donors (Lipinski definition) is 2. The second-order valence-electron chi connectivity index (χ2n) is 13.5. The maximum atomic E-state index is 10.4. The second kappa shape index (κ2) is 16.1. The van der Waals surface area contributed by atoms with Crippen LogP contribution in [0.4, 0.5) is 0 Å². The van der Waals surface area contributed by atoms with Crippen LogP contribution < -0.4 is 0 Å². The predicted octanol–water partition coefficient (Wildman–Crippen LogP) is 10.5. The quantitative estimate of drug-likeness (QED) is 0.257. The smallest absolute Gasteiger partial charge is 0.0893 e. The first-order chi connectivity index (χ1) is 19.6. The van der Waals surface area contributed by atoms with Gasteiger partial charge in [-0.3, -0.25) is 0 Å². The molecule has 0 amide bonds. The van der Waals surface area contributed by atoms with Crippen LogP contribution >= 0.6 is 0 Å². The van der Waals surface area contributed by atoms with Gasteiger partial charge in [0.2, 0.25) is 0 Å². The minimum Gasteiger partial charge on any atom is -0.390 e. The molecule has 0 spiro atoms. The van der Waals surface area contributed by atoms with Gasteiger partial charge in [0.05, 0.1) is 12.2 Å². The van der Waals surface area contributed by atoms with Gasteiger partial charge in [0.1, 0.15) is 0 Å². The first kappa shape index (κ1) is 35.3. The summed E-state index contributed by atoms with van der Waals surface area (Å²) < 4.78 is 0. The molecule has 42 heavy (non-hydrogen) atoms. The Morgan fingerprint density at radius 1 is 0.643 bits per heavy atom. The molecule has 0 fully saturated rings. The Kier molecular flexibility index (Phi) is 13.5. The van der Waals surface area contributed by atoms with Gasteiger partial charge >= 0.3 is 0 Å². The second-order valence-corrected chi connectivity index (χ2v) is 13.5. The molecule has 0 saturated carbocycles. The fraction of sp³-hybridized carbons (Fsp3) is 0.450. The monoisotopic (exact) mass is 568 g/mol. The molecule has 0 bridgehead atoms. The van der Waals surface area contributed by atoms with Gasteiger partial charge in [-0.2, -0.15) is 0 Å². The summed E-state index contributed by atoms with van der Waals surface area (Å²) in [6.07, 6.45) is 32.6. The lowest BCUT2D eigenvalue weighted by molar-refractivity contribution is -0.0439. The van der Waals surface area contributed by atoms with E-state index in [1.54, 1.807) is 0 Å². The molecule has 2 unspecified atom stereocenters. The molecule has 0 heterocycles. The van der Waals surface area contributed by atoms with Crippen LogP contribution in [0.2, 0.25) is 0 Å². The summed E-state index contributed by atoms with van der Waals surface area (Å²) in [4.78, 5) is 0. The standard InChI is InChI=1S/C40H56O2/c1-29(18-13-20-31(3)23-25-35-33(5)22-15-27-39(35,7)8)16-11-12-17-30(2)19-14-21-32(4)24-26-36-34(6)28-37(41)38(42)40(36,9)10/h11-14,16-21,23-26,37-38,41-42H,15,22,27-28H2,1-10H3/b12-11+,18-13+,19-14+,25-23+,26-24+,29-16+,30-17+,31-20+,32-21+. The van der Waals surface area contributed by atoms with E-state index in [2.05, 4.69) is 134 Å². The maximum Gasteiger partial charge on any atom is 0.0893 e. The van der Waals surface area contributed by atoms with Crippen molar-refractivity contribution in [3.8, 4) is 0 Å². The van der Waals surface area contributed by atoms with Crippen molar-refractivity contribution in [1.29, 1.82) is 0 Å². The molecule has 0 aromatic heterocycles. The van der Waals surface area contributed by atoms with Gasteiger partial charge < -0.3 is 10.2 Å². The molecule has 2 rings (SSSR count). The summed E-state index contributed by atoms with van der Waals surface area (Å²) in [6, 6.07) is 0. The average Bonchev–Trinajstić information content (AvgIpc) is 2.89. The molecule has 2 aliphatic carbocycles. The van der Waals surface area contributed by atoms with E-state index in [1.165, 1.54) is 47.1 Å². The van der Waals surface area contributed by atoms with Crippen molar-refractivity contribution in [3.05, 3.63) is 130 Å². The zero-order valence-corrected chi connectivity index (χ0v) is 28.0. The van der Waals surface area contributed by atoms with Crippen molar-refractivity contribution in [3.63, 3.8) is 0 Å². The van der Waals surface area contributed by atoms with Crippen LogP contribution in [0, 0.1) is 10.8 Å². The molecular formula is C40H56O2. The zero-order chi connectivity index (χ0) is 31.5. The minimum absolute atomic E-state index is 0.276. The molecule has 0 aromatic rings. The van der Waals surface area contributed by atoms with Crippen molar-refractivity contribution in [2.24, 2.45) is 10.8 Å². The Hall–Kier alpha value is -2.94. The van der Waals surface area contributed by atoms with Gasteiger partial charge in [0.25, 0.3) is 0 Å². The molecule has 0 aliphatic heterocycles. The number of aliphatic hydroxyl groups is 2. The van der Waals surface area contributed by atoms with E-state index in [-0.39, 0.29) is 5.41 Å². The van der Waals surface area contributed by atoms with Crippen LogP contribution in [0.1, 0.15) is 94.9 Å². The molecule has 2 heteroatoms. The lowest BCUT2D eigenvalue weighted by Gasteiger charge is -2.40. The zero-order valence-electron chi connectivity index (χ0n) is 28.0. The highest BCUT2D eigenvalue weighted by Gasteiger charge is 2.40. The third-order valence-corrected chi connectivity index (χ3v) is 8.61. The van der Waals surface area contributed by atoms with E-state index >= 15 is 0 Å². The number of allylic oxidation sites excluding steroid dienone is 20. The Morgan fingerprint density at radius 2 is 1.10 bits per heavy atom. The van der Waals surface area contributed by atoms with E-state index < -0.39 is 17.6 Å². The van der Waals surface area contributed by atoms with E-state index in [0.717, 1.165) is 16.7 Å². The SMILES string of the molecule is CC1=C(/C=C/C(C)=C/C=C/C(C)=C/C=C/C=C(C)/C=C/C=C(C)/C=C/C2=C(C)CC(O)C(O)C2(C)C)C(C)(C)CCC1. The third-order valence-electron chi connectivity index (χ3n) is 8.61. The Morgan fingerprint density at radius 3 is 1.60 bits per heavy atom. The topological polar surface area (TPSA) is 40.5 Å². The number of aliphatic hydroxyl groups excluding tert-OH is 2. The molecule has 0 saturated heterocycles. The molecular weight excluding hydrogens is 512 g/mol. The first-order valence-electron chi connectivity index (χ1n) is 15.5. The summed E-state index contributed by atoms with van der Waals surface area (Å²) in [5.41, 5.74) is 9.83. The number of rotatable bonds is 10. The van der Waals surface area contributed by atoms with Crippen molar-refractivity contribution in [2.75, 3.05) is 0 Å². The molecule has 2 nitrogen and oxygen atoms in total. The van der Waals surface area contributed by atoms with Crippen LogP contribution in [-0.4, -0.2) is 22.4 Å². The fourth-order valence-corrected chi connectivity index (χ4v) is 5.86. The lowest BCUT2D eigenvalue weighted by atomic mass is 9.69. The highest BCUT2D eigenvalue weighted by Crippen LogP contribution is 2.42. The van der Waals surface area contributed by atoms with Gasteiger partial charge in [-0.1, -0.05) is 146 Å². The molecule has 2 atom stereocenters. The van der Waals surface area contributed by atoms with Crippen LogP contribution in [0.25, 0.3) is 0 Å². The van der Waals surface area contributed by atoms with Crippen molar-refractivity contribution in [1.82, 2.24) is 0 Å². The summed E-state index contributed by atoms with van der Waals surface area (Å²) in [7, 11) is 0. The largest absolute Gasteiger partial charge is 0.390 e. The summed E-state index contributed by atoms with van der Waals surface area (Å²) in [6.45, 7) is 21.5. The van der Waals surface area contributed by atoms with Gasteiger partial charge in [0.15, 0.2) is 0 Å². The highest BCUT2D eigenvalue weighted by atomic mass is 16.3. The average molecular weight is 569 g/mol. The summed E-state index contributed by atoms with van der Waals surface area (Å²) >= 11 is 0. The summed E-state index contributed by atoms with van der Waals surface area (Å²) in [5.74, 6) is 0. The van der Waals surface area contributed by atoms with E-state index in [0.29, 0.717) is 6.42 Å². The summed E-state index contributed by atoms with van der Waals surface area (Å²) in [5, 5.41) is 20.6. The van der Waals surface area contributed by atoms with Crippen molar-refractivity contribution < 1.29 is 10.2 Å². The van der Waals surface area contributed by atoms with Crippen molar-refractivity contribution in [2.45, 2.75) is 107 Å². The van der Waals surface area contributed by atoms with Gasteiger partial charge in [-0.05, 0) is 83.8 Å². The van der Waals surface area contributed by atoms with Crippen LogP contribution in [0.15, 0.2) is 130 Å². The fourth-order valence-electron chi connectivity index (χ4n) is 5.86. The molecule has 2 aliphatic rings. The normalized spacial score (nSPS) is 25.0. The van der Waals surface area contributed by atoms with E-state index in [4.69, 9.17) is 0 Å².